The van der Waals surface area contributed by atoms with Gasteiger partial charge in [-0.2, -0.15) is 0 Å². The summed E-state index contributed by atoms with van der Waals surface area (Å²) in [6, 6.07) is 4.08. The lowest BCUT2D eigenvalue weighted by Gasteiger charge is -2.20. The van der Waals surface area contributed by atoms with Crippen LogP contribution in [-0.2, 0) is 16.6 Å². The Labute approximate surface area is 126 Å². The number of sulfonamides is 1. The Hall–Kier alpha value is -0.980. The lowest BCUT2D eigenvalue weighted by atomic mass is 10.0. The molecule has 1 atom stereocenters. The van der Waals surface area contributed by atoms with E-state index < -0.39 is 15.8 Å². The van der Waals surface area contributed by atoms with Crippen molar-refractivity contribution in [3.8, 4) is 0 Å². The van der Waals surface area contributed by atoms with Crippen LogP contribution in [0.1, 0.15) is 38.2 Å². The third-order valence-electron chi connectivity index (χ3n) is 4.11. The van der Waals surface area contributed by atoms with Gasteiger partial charge in [-0.25, -0.2) is 17.5 Å². The summed E-state index contributed by atoms with van der Waals surface area (Å²) in [7, 11) is -2.05. The van der Waals surface area contributed by atoms with Gasteiger partial charge in [0.1, 0.15) is 10.7 Å². The first-order valence-electron chi connectivity index (χ1n) is 7.39. The van der Waals surface area contributed by atoms with Crippen LogP contribution in [0, 0.1) is 11.7 Å². The maximum Gasteiger partial charge on any atom is 0.243 e. The zero-order valence-corrected chi connectivity index (χ0v) is 13.3. The summed E-state index contributed by atoms with van der Waals surface area (Å²) < 4.78 is 41.3. The molecule has 0 saturated heterocycles. The van der Waals surface area contributed by atoms with E-state index in [1.54, 1.807) is 13.1 Å². The van der Waals surface area contributed by atoms with Crippen molar-refractivity contribution in [2.75, 3.05) is 7.05 Å². The van der Waals surface area contributed by atoms with E-state index in [9.17, 15) is 12.8 Å². The molecule has 0 aliphatic heterocycles. The van der Waals surface area contributed by atoms with Crippen LogP contribution >= 0.6 is 0 Å². The van der Waals surface area contributed by atoms with E-state index in [2.05, 4.69) is 10.0 Å². The predicted octanol–water partition coefficient (Wildman–Crippen LogP) is 2.40. The third-order valence-corrected chi connectivity index (χ3v) is 5.71. The molecule has 1 aromatic rings. The van der Waals surface area contributed by atoms with Crippen molar-refractivity contribution in [2.45, 2.75) is 50.1 Å². The molecule has 1 unspecified atom stereocenters. The first-order valence-corrected chi connectivity index (χ1v) is 8.87. The van der Waals surface area contributed by atoms with Gasteiger partial charge in [-0.05, 0) is 50.4 Å². The monoisotopic (exact) mass is 314 g/mol. The highest BCUT2D eigenvalue weighted by Crippen LogP contribution is 2.28. The van der Waals surface area contributed by atoms with E-state index >= 15 is 0 Å². The van der Waals surface area contributed by atoms with Crippen LogP contribution in [0.25, 0.3) is 0 Å². The number of benzene rings is 1. The highest BCUT2D eigenvalue weighted by atomic mass is 32.2. The van der Waals surface area contributed by atoms with Gasteiger partial charge in [0.25, 0.3) is 0 Å². The number of nitrogens with one attached hydrogen (secondary N) is 2. The van der Waals surface area contributed by atoms with Crippen molar-refractivity contribution in [3.63, 3.8) is 0 Å². The van der Waals surface area contributed by atoms with E-state index in [-0.39, 0.29) is 10.9 Å². The maximum absolute atomic E-state index is 14.0. The van der Waals surface area contributed by atoms with Gasteiger partial charge in [-0.3, -0.25) is 0 Å². The molecule has 0 spiro atoms. The van der Waals surface area contributed by atoms with Crippen molar-refractivity contribution in [3.05, 3.63) is 29.6 Å². The van der Waals surface area contributed by atoms with Gasteiger partial charge in [0.15, 0.2) is 0 Å². The summed E-state index contributed by atoms with van der Waals surface area (Å²) in [5, 5.41) is 2.91. The fourth-order valence-electron chi connectivity index (χ4n) is 2.94. The quantitative estimate of drug-likeness (QED) is 0.848. The van der Waals surface area contributed by atoms with Crippen molar-refractivity contribution >= 4 is 10.0 Å². The average molecular weight is 314 g/mol. The highest BCUT2D eigenvalue weighted by molar-refractivity contribution is 7.89. The molecule has 21 heavy (non-hydrogen) atoms. The molecule has 0 aromatic heterocycles. The van der Waals surface area contributed by atoms with Crippen LogP contribution < -0.4 is 10.0 Å². The third kappa shape index (κ3) is 4.02. The number of rotatable bonds is 6. The second kappa shape index (κ2) is 6.85. The van der Waals surface area contributed by atoms with Crippen LogP contribution in [0.5, 0.6) is 0 Å². The van der Waals surface area contributed by atoms with E-state index in [0.29, 0.717) is 12.5 Å². The highest BCUT2D eigenvalue weighted by Gasteiger charge is 2.27. The molecule has 2 N–H and O–H groups in total. The molecule has 1 saturated carbocycles. The molecule has 2 rings (SSSR count). The standard InChI is InChI=1S/C15H23FN2O2S/c1-11(13-5-3-4-6-13)18-21(19,20)15-8-7-12(10-17-2)9-14(15)16/h7-9,11,13,17-18H,3-6,10H2,1-2H3. The normalized spacial score (nSPS) is 18.0. The Kier molecular flexibility index (Phi) is 5.35. The van der Waals surface area contributed by atoms with Gasteiger partial charge in [0.2, 0.25) is 10.0 Å². The van der Waals surface area contributed by atoms with Crippen LogP contribution in [-0.4, -0.2) is 21.5 Å². The molecule has 1 aromatic carbocycles. The molecule has 0 amide bonds. The van der Waals surface area contributed by atoms with Crippen molar-refractivity contribution in [2.24, 2.45) is 5.92 Å². The van der Waals surface area contributed by atoms with Crippen LogP contribution in [0.4, 0.5) is 4.39 Å². The first kappa shape index (κ1) is 16.4. The second-order valence-corrected chi connectivity index (χ2v) is 7.43. The molecule has 1 aliphatic carbocycles. The Morgan fingerprint density at radius 2 is 2.00 bits per heavy atom. The first-order chi connectivity index (χ1) is 9.94. The lowest BCUT2D eigenvalue weighted by Crippen LogP contribution is -2.37. The molecule has 118 valence electrons. The van der Waals surface area contributed by atoms with E-state index in [4.69, 9.17) is 0 Å². The summed E-state index contributed by atoms with van der Waals surface area (Å²) in [6.07, 6.45) is 4.36. The van der Waals surface area contributed by atoms with Gasteiger partial charge in [0, 0.05) is 12.6 Å². The topological polar surface area (TPSA) is 58.2 Å². The smallest absolute Gasteiger partial charge is 0.243 e. The largest absolute Gasteiger partial charge is 0.316 e. The molecule has 0 bridgehead atoms. The van der Waals surface area contributed by atoms with Crippen LogP contribution in [0.2, 0.25) is 0 Å². The zero-order valence-electron chi connectivity index (χ0n) is 12.5. The fraction of sp³-hybridized carbons (Fsp3) is 0.600. The Morgan fingerprint density at radius 3 is 2.57 bits per heavy atom. The summed E-state index contributed by atoms with van der Waals surface area (Å²) in [6.45, 7) is 2.37. The summed E-state index contributed by atoms with van der Waals surface area (Å²) in [5.74, 6) is -0.347. The number of halogens is 1. The second-order valence-electron chi connectivity index (χ2n) is 5.75. The Morgan fingerprint density at radius 1 is 1.33 bits per heavy atom. The molecule has 0 radical (unpaired) electrons. The minimum absolute atomic E-state index is 0.158. The average Bonchev–Trinajstić information content (AvgIpc) is 2.92. The summed E-state index contributed by atoms with van der Waals surface area (Å²) >= 11 is 0. The molecule has 0 heterocycles. The zero-order chi connectivity index (χ0) is 15.5. The van der Waals surface area contributed by atoms with E-state index in [0.717, 1.165) is 31.2 Å². The maximum atomic E-state index is 14.0. The van der Waals surface area contributed by atoms with Gasteiger partial charge in [-0.1, -0.05) is 18.9 Å². The Bertz CT molecular complexity index is 583. The van der Waals surface area contributed by atoms with Crippen molar-refractivity contribution in [1.82, 2.24) is 10.0 Å². The van der Waals surface area contributed by atoms with Crippen LogP contribution in [0.3, 0.4) is 0 Å². The molecule has 6 heteroatoms. The fourth-order valence-corrected chi connectivity index (χ4v) is 4.31. The predicted molar refractivity (Wildman–Crippen MR) is 80.9 cm³/mol. The number of hydrogen-bond acceptors (Lipinski definition) is 3. The summed E-state index contributed by atoms with van der Waals surface area (Å²) in [5.41, 5.74) is 0.720. The van der Waals surface area contributed by atoms with E-state index in [1.807, 2.05) is 6.92 Å². The van der Waals surface area contributed by atoms with Gasteiger partial charge < -0.3 is 5.32 Å². The number of hydrogen-bond donors (Lipinski definition) is 2. The van der Waals surface area contributed by atoms with E-state index in [1.165, 1.54) is 12.1 Å². The SMILES string of the molecule is CNCc1ccc(S(=O)(=O)NC(C)C2CCCC2)c(F)c1. The molecule has 1 aliphatic rings. The van der Waals surface area contributed by atoms with Gasteiger partial charge in [-0.15, -0.1) is 0 Å². The minimum atomic E-state index is -3.80. The van der Waals surface area contributed by atoms with Crippen molar-refractivity contribution in [1.29, 1.82) is 0 Å². The molecule has 1 fully saturated rings. The van der Waals surface area contributed by atoms with Crippen LogP contribution in [0.15, 0.2) is 23.1 Å². The van der Waals surface area contributed by atoms with Gasteiger partial charge in [0.05, 0.1) is 0 Å². The Balaban J connectivity index is 2.15. The molecule has 4 nitrogen and oxygen atoms in total. The summed E-state index contributed by atoms with van der Waals surface area (Å²) in [4.78, 5) is -0.271. The minimum Gasteiger partial charge on any atom is -0.316 e. The lowest BCUT2D eigenvalue weighted by molar-refractivity contribution is 0.422. The molecular weight excluding hydrogens is 291 g/mol. The van der Waals surface area contributed by atoms with Gasteiger partial charge >= 0.3 is 0 Å². The molecular formula is C15H23FN2O2S. The van der Waals surface area contributed by atoms with Crippen molar-refractivity contribution < 1.29 is 12.8 Å².